The summed E-state index contributed by atoms with van der Waals surface area (Å²) in [6.07, 6.45) is 2.54. The number of amides is 1. The first-order valence-corrected chi connectivity index (χ1v) is 9.90. The molecular formula is C21H17BrN4O6. The average Bonchev–Trinajstić information content (AvgIpc) is 2.80. The van der Waals surface area contributed by atoms with Crippen molar-refractivity contribution in [2.45, 2.75) is 0 Å². The van der Waals surface area contributed by atoms with E-state index in [-0.39, 0.29) is 18.2 Å². The highest BCUT2D eigenvalue weighted by Gasteiger charge is 2.10. The molecule has 0 saturated heterocycles. The number of methoxy groups -OCH3 is 1. The molecule has 1 heterocycles. The Kier molecular flexibility index (Phi) is 7.70. The van der Waals surface area contributed by atoms with Gasteiger partial charge < -0.3 is 14.2 Å². The predicted octanol–water partition coefficient (Wildman–Crippen LogP) is 4.08. The van der Waals surface area contributed by atoms with Crippen LogP contribution in [0.3, 0.4) is 0 Å². The molecule has 2 aromatic carbocycles. The minimum Gasteiger partial charge on any atom is -0.493 e. The van der Waals surface area contributed by atoms with Crippen LogP contribution in [0.1, 0.15) is 5.56 Å². The van der Waals surface area contributed by atoms with Gasteiger partial charge in [-0.1, -0.05) is 15.9 Å². The number of halogens is 1. The Hall–Kier alpha value is -3.99. The van der Waals surface area contributed by atoms with Crippen molar-refractivity contribution < 1.29 is 23.9 Å². The summed E-state index contributed by atoms with van der Waals surface area (Å²) >= 11 is 3.32. The number of rotatable bonds is 9. The lowest BCUT2D eigenvalue weighted by molar-refractivity contribution is -0.385. The summed E-state index contributed by atoms with van der Waals surface area (Å²) in [6.45, 7) is -0.183. The Bertz CT molecular complexity index is 1120. The van der Waals surface area contributed by atoms with Crippen LogP contribution in [0.15, 0.2) is 70.4 Å². The van der Waals surface area contributed by atoms with Gasteiger partial charge >= 0.3 is 0 Å². The SMILES string of the molecule is COc1cc(/C=N/NC(=O)COc2ccc(Br)cc2)ccc1Oc1ccc([N+](=O)[O-])cn1. The van der Waals surface area contributed by atoms with Crippen molar-refractivity contribution in [3.8, 4) is 23.1 Å². The van der Waals surface area contributed by atoms with E-state index in [2.05, 4.69) is 31.4 Å². The quantitative estimate of drug-likeness (QED) is 0.266. The zero-order valence-electron chi connectivity index (χ0n) is 16.7. The maximum Gasteiger partial charge on any atom is 0.287 e. The molecule has 3 aromatic rings. The molecule has 0 aliphatic heterocycles. The summed E-state index contributed by atoms with van der Waals surface area (Å²) < 4.78 is 17.2. The number of carbonyl (C=O) groups excluding carboxylic acids is 1. The second-order valence-corrected chi connectivity index (χ2v) is 7.08. The highest BCUT2D eigenvalue weighted by molar-refractivity contribution is 9.10. The highest BCUT2D eigenvalue weighted by atomic mass is 79.9. The standard InChI is InChI=1S/C21H17BrN4O6/c1-30-19-10-14(2-8-18(19)32-21-9-5-16(12-23-21)26(28)29)11-24-25-20(27)13-31-17-6-3-15(22)4-7-17/h2-12H,13H2,1H3,(H,25,27)/b24-11+. The summed E-state index contributed by atoms with van der Waals surface area (Å²) in [5.41, 5.74) is 2.88. The minimum atomic E-state index is -0.544. The molecule has 0 saturated carbocycles. The number of nitrogens with one attached hydrogen (secondary N) is 1. The molecule has 0 spiro atoms. The number of hydrogen-bond donors (Lipinski definition) is 1. The van der Waals surface area contributed by atoms with Crippen molar-refractivity contribution >= 4 is 33.7 Å². The molecule has 0 aliphatic carbocycles. The molecule has 0 bridgehead atoms. The van der Waals surface area contributed by atoms with Crippen molar-refractivity contribution in [2.75, 3.05) is 13.7 Å². The molecule has 1 amide bonds. The molecule has 32 heavy (non-hydrogen) atoms. The van der Waals surface area contributed by atoms with E-state index in [4.69, 9.17) is 14.2 Å². The van der Waals surface area contributed by atoms with Crippen LogP contribution in [0, 0.1) is 10.1 Å². The van der Waals surface area contributed by atoms with E-state index >= 15 is 0 Å². The zero-order valence-corrected chi connectivity index (χ0v) is 18.3. The zero-order chi connectivity index (χ0) is 22.9. The molecule has 1 N–H and O–H groups in total. The normalized spacial score (nSPS) is 10.6. The van der Waals surface area contributed by atoms with Gasteiger partial charge in [0, 0.05) is 16.6 Å². The van der Waals surface area contributed by atoms with Gasteiger partial charge in [0.25, 0.3) is 11.6 Å². The van der Waals surface area contributed by atoms with Crippen LogP contribution in [-0.4, -0.2) is 35.7 Å². The number of pyridine rings is 1. The number of nitro groups is 1. The maximum absolute atomic E-state index is 11.9. The van der Waals surface area contributed by atoms with Gasteiger partial charge in [0.15, 0.2) is 18.1 Å². The Balaban J connectivity index is 1.56. The van der Waals surface area contributed by atoms with Crippen LogP contribution in [-0.2, 0) is 4.79 Å². The number of carbonyl (C=O) groups is 1. The van der Waals surface area contributed by atoms with E-state index in [0.717, 1.165) is 10.7 Å². The molecule has 0 radical (unpaired) electrons. The number of ether oxygens (including phenoxy) is 3. The van der Waals surface area contributed by atoms with Gasteiger partial charge in [-0.25, -0.2) is 10.4 Å². The van der Waals surface area contributed by atoms with Gasteiger partial charge in [0.1, 0.15) is 11.9 Å². The first kappa shape index (κ1) is 22.7. The Morgan fingerprint density at radius 3 is 2.62 bits per heavy atom. The predicted molar refractivity (Wildman–Crippen MR) is 119 cm³/mol. The van der Waals surface area contributed by atoms with E-state index in [0.29, 0.717) is 22.8 Å². The van der Waals surface area contributed by atoms with Gasteiger partial charge in [0.05, 0.1) is 18.2 Å². The molecule has 0 fully saturated rings. The fourth-order valence-corrected chi connectivity index (χ4v) is 2.66. The van der Waals surface area contributed by atoms with E-state index in [1.807, 2.05) is 12.1 Å². The summed E-state index contributed by atoms with van der Waals surface area (Å²) in [4.78, 5) is 25.9. The fraction of sp³-hybridized carbons (Fsp3) is 0.0952. The van der Waals surface area contributed by atoms with Crippen LogP contribution in [0.5, 0.6) is 23.1 Å². The lowest BCUT2D eigenvalue weighted by Crippen LogP contribution is -2.24. The summed E-state index contributed by atoms with van der Waals surface area (Å²) in [5, 5.41) is 14.6. The molecule has 10 nitrogen and oxygen atoms in total. The molecule has 164 valence electrons. The second kappa shape index (κ2) is 10.9. The fourth-order valence-electron chi connectivity index (χ4n) is 2.39. The summed E-state index contributed by atoms with van der Waals surface area (Å²) in [7, 11) is 1.47. The minimum absolute atomic E-state index is 0.139. The molecule has 3 rings (SSSR count). The Labute approximate surface area is 191 Å². The van der Waals surface area contributed by atoms with Crippen LogP contribution >= 0.6 is 15.9 Å². The van der Waals surface area contributed by atoms with E-state index in [1.165, 1.54) is 25.5 Å². The lowest BCUT2D eigenvalue weighted by Gasteiger charge is -2.10. The number of hydrogen-bond acceptors (Lipinski definition) is 8. The van der Waals surface area contributed by atoms with Crippen molar-refractivity contribution in [3.63, 3.8) is 0 Å². The monoisotopic (exact) mass is 500 g/mol. The van der Waals surface area contributed by atoms with Crippen LogP contribution in [0.25, 0.3) is 0 Å². The molecule has 11 heteroatoms. The Morgan fingerprint density at radius 2 is 1.97 bits per heavy atom. The first-order valence-electron chi connectivity index (χ1n) is 9.11. The van der Waals surface area contributed by atoms with Gasteiger partial charge in [-0.3, -0.25) is 14.9 Å². The lowest BCUT2D eigenvalue weighted by atomic mass is 10.2. The first-order chi connectivity index (χ1) is 15.4. The topological polar surface area (TPSA) is 125 Å². The van der Waals surface area contributed by atoms with Gasteiger partial charge in [-0.2, -0.15) is 5.10 Å². The number of nitrogens with zero attached hydrogens (tertiary/aromatic N) is 3. The Morgan fingerprint density at radius 1 is 1.19 bits per heavy atom. The van der Waals surface area contributed by atoms with E-state index < -0.39 is 10.8 Å². The molecule has 0 atom stereocenters. The highest BCUT2D eigenvalue weighted by Crippen LogP contribution is 2.31. The van der Waals surface area contributed by atoms with E-state index in [1.54, 1.807) is 30.3 Å². The largest absolute Gasteiger partial charge is 0.493 e. The molecule has 0 aliphatic rings. The third-order valence-corrected chi connectivity index (χ3v) is 4.45. The van der Waals surface area contributed by atoms with Gasteiger partial charge in [-0.15, -0.1) is 0 Å². The van der Waals surface area contributed by atoms with Crippen LogP contribution in [0.4, 0.5) is 5.69 Å². The molecular weight excluding hydrogens is 484 g/mol. The smallest absolute Gasteiger partial charge is 0.287 e. The number of hydrazone groups is 1. The average molecular weight is 501 g/mol. The molecule has 1 aromatic heterocycles. The maximum atomic E-state index is 11.9. The van der Waals surface area contributed by atoms with Crippen molar-refractivity contribution in [1.29, 1.82) is 0 Å². The number of aromatic nitrogens is 1. The van der Waals surface area contributed by atoms with Crippen molar-refractivity contribution in [1.82, 2.24) is 10.4 Å². The summed E-state index contributed by atoms with van der Waals surface area (Å²) in [5.74, 6) is 1.07. The van der Waals surface area contributed by atoms with E-state index in [9.17, 15) is 14.9 Å². The third-order valence-electron chi connectivity index (χ3n) is 3.92. The van der Waals surface area contributed by atoms with Crippen molar-refractivity contribution in [2.24, 2.45) is 5.10 Å². The van der Waals surface area contributed by atoms with Crippen LogP contribution in [0.2, 0.25) is 0 Å². The van der Waals surface area contributed by atoms with Crippen molar-refractivity contribution in [3.05, 3.63) is 80.9 Å². The number of benzene rings is 2. The van der Waals surface area contributed by atoms with Gasteiger partial charge in [-0.05, 0) is 48.0 Å². The van der Waals surface area contributed by atoms with Gasteiger partial charge in [0.2, 0.25) is 5.88 Å². The molecule has 0 unspecified atom stereocenters. The third kappa shape index (κ3) is 6.51. The summed E-state index contributed by atoms with van der Waals surface area (Å²) in [6, 6.07) is 14.7. The van der Waals surface area contributed by atoms with Crippen LogP contribution < -0.4 is 19.6 Å². The second-order valence-electron chi connectivity index (χ2n) is 6.16.